The molecule has 82 valence electrons. The van der Waals surface area contributed by atoms with Crippen LogP contribution in [0.2, 0.25) is 0 Å². The maximum Gasteiger partial charge on any atom is 0.136 e. The van der Waals surface area contributed by atoms with E-state index in [4.69, 9.17) is 4.74 Å². The number of fused-ring (bicyclic) bond motifs is 1. The highest BCUT2D eigenvalue weighted by Crippen LogP contribution is 2.38. The second-order valence-corrected chi connectivity index (χ2v) is 5.11. The van der Waals surface area contributed by atoms with Crippen molar-refractivity contribution in [3.8, 4) is 5.75 Å². The lowest BCUT2D eigenvalue weighted by Gasteiger charge is -2.28. The van der Waals surface area contributed by atoms with E-state index in [2.05, 4.69) is 47.1 Å². The number of para-hydroxylation sites is 1. The van der Waals surface area contributed by atoms with Gasteiger partial charge in [0.15, 0.2) is 0 Å². The molecule has 1 atom stereocenters. The number of benzene rings is 1. The zero-order valence-corrected chi connectivity index (χ0v) is 10.8. The van der Waals surface area contributed by atoms with Crippen LogP contribution < -0.4 is 4.74 Å². The van der Waals surface area contributed by atoms with Crippen LogP contribution in [-0.2, 0) is 0 Å². The second-order valence-electron chi connectivity index (χ2n) is 4.25. The summed E-state index contributed by atoms with van der Waals surface area (Å²) in [5.41, 5.74) is 1.34. The van der Waals surface area contributed by atoms with Crippen LogP contribution in [0.15, 0.2) is 22.7 Å². The van der Waals surface area contributed by atoms with Crippen molar-refractivity contribution in [3.63, 3.8) is 0 Å². The molecule has 0 saturated heterocycles. The van der Waals surface area contributed by atoms with Crippen LogP contribution in [0.5, 0.6) is 5.75 Å². The van der Waals surface area contributed by atoms with Gasteiger partial charge in [-0.05, 0) is 48.1 Å². The zero-order valence-electron chi connectivity index (χ0n) is 9.16. The molecule has 0 bridgehead atoms. The van der Waals surface area contributed by atoms with Gasteiger partial charge in [-0.25, -0.2) is 0 Å². The Morgan fingerprint density at radius 3 is 3.00 bits per heavy atom. The first kappa shape index (κ1) is 11.0. The molecule has 0 radical (unpaired) electrons. The number of hydrogen-bond acceptors (Lipinski definition) is 2. The van der Waals surface area contributed by atoms with E-state index in [1.165, 1.54) is 5.56 Å². The second kappa shape index (κ2) is 4.54. The predicted molar refractivity (Wildman–Crippen MR) is 65.5 cm³/mol. The van der Waals surface area contributed by atoms with Crippen LogP contribution in [-0.4, -0.2) is 32.1 Å². The van der Waals surface area contributed by atoms with Gasteiger partial charge in [-0.2, -0.15) is 0 Å². The molecule has 0 fully saturated rings. The SMILES string of the molecule is CN(C)CC1CCOc2c(Br)cccc21. The van der Waals surface area contributed by atoms with E-state index in [0.29, 0.717) is 5.92 Å². The van der Waals surface area contributed by atoms with Crippen molar-refractivity contribution in [2.24, 2.45) is 0 Å². The highest BCUT2D eigenvalue weighted by molar-refractivity contribution is 9.10. The topological polar surface area (TPSA) is 12.5 Å². The first-order valence-electron chi connectivity index (χ1n) is 5.24. The van der Waals surface area contributed by atoms with Gasteiger partial charge in [0, 0.05) is 12.5 Å². The van der Waals surface area contributed by atoms with Crippen LogP contribution >= 0.6 is 15.9 Å². The van der Waals surface area contributed by atoms with Gasteiger partial charge in [0.25, 0.3) is 0 Å². The van der Waals surface area contributed by atoms with Crippen molar-refractivity contribution in [1.29, 1.82) is 0 Å². The quantitative estimate of drug-likeness (QED) is 0.819. The molecule has 15 heavy (non-hydrogen) atoms. The maximum atomic E-state index is 5.70. The lowest BCUT2D eigenvalue weighted by Crippen LogP contribution is -2.25. The summed E-state index contributed by atoms with van der Waals surface area (Å²) in [5.74, 6) is 1.64. The molecule has 0 N–H and O–H groups in total. The lowest BCUT2D eigenvalue weighted by atomic mass is 9.93. The van der Waals surface area contributed by atoms with Crippen molar-refractivity contribution < 1.29 is 4.74 Å². The fourth-order valence-electron chi connectivity index (χ4n) is 2.09. The number of nitrogens with zero attached hydrogens (tertiary/aromatic N) is 1. The Morgan fingerprint density at radius 2 is 2.27 bits per heavy atom. The van der Waals surface area contributed by atoms with Crippen LogP contribution in [0.1, 0.15) is 17.9 Å². The van der Waals surface area contributed by atoms with Crippen LogP contribution in [0.3, 0.4) is 0 Å². The summed E-state index contributed by atoms with van der Waals surface area (Å²) < 4.78 is 6.77. The number of ether oxygens (including phenoxy) is 1. The molecule has 1 heterocycles. The van der Waals surface area contributed by atoms with E-state index in [-0.39, 0.29) is 0 Å². The highest BCUT2D eigenvalue weighted by atomic mass is 79.9. The normalized spacial score (nSPS) is 19.9. The Kier molecular flexibility index (Phi) is 3.32. The minimum atomic E-state index is 0.598. The minimum Gasteiger partial charge on any atom is -0.492 e. The third-order valence-electron chi connectivity index (χ3n) is 2.74. The molecule has 0 spiro atoms. The standard InChI is InChI=1S/C12H16BrNO/c1-14(2)8-9-6-7-15-12-10(9)4-3-5-11(12)13/h3-5,9H,6-8H2,1-2H3. The number of halogens is 1. The molecule has 1 unspecified atom stereocenters. The Morgan fingerprint density at radius 1 is 1.47 bits per heavy atom. The minimum absolute atomic E-state index is 0.598. The fourth-order valence-corrected chi connectivity index (χ4v) is 2.58. The Bertz CT molecular complexity index is 351. The zero-order chi connectivity index (χ0) is 10.8. The van der Waals surface area contributed by atoms with E-state index < -0.39 is 0 Å². The average Bonchev–Trinajstić information content (AvgIpc) is 2.19. The summed E-state index contributed by atoms with van der Waals surface area (Å²) in [4.78, 5) is 2.24. The molecule has 2 nitrogen and oxygen atoms in total. The molecule has 1 aromatic rings. The first-order valence-corrected chi connectivity index (χ1v) is 6.03. The summed E-state index contributed by atoms with van der Waals surface area (Å²) in [5, 5.41) is 0. The Labute approximate surface area is 99.4 Å². The molecule has 0 saturated carbocycles. The van der Waals surface area contributed by atoms with Gasteiger partial charge in [0.1, 0.15) is 5.75 Å². The van der Waals surface area contributed by atoms with Crippen molar-refractivity contribution in [2.75, 3.05) is 27.2 Å². The molecular weight excluding hydrogens is 254 g/mol. The summed E-state index contributed by atoms with van der Waals surface area (Å²) in [6.07, 6.45) is 1.11. The molecule has 1 aliphatic rings. The van der Waals surface area contributed by atoms with Crippen LogP contribution in [0, 0.1) is 0 Å². The van der Waals surface area contributed by atoms with Gasteiger partial charge in [-0.1, -0.05) is 12.1 Å². The molecule has 2 rings (SSSR count). The van der Waals surface area contributed by atoms with Crippen molar-refractivity contribution in [2.45, 2.75) is 12.3 Å². The number of rotatable bonds is 2. The van der Waals surface area contributed by atoms with Crippen LogP contribution in [0.25, 0.3) is 0 Å². The van der Waals surface area contributed by atoms with Crippen molar-refractivity contribution in [3.05, 3.63) is 28.2 Å². The highest BCUT2D eigenvalue weighted by Gasteiger charge is 2.23. The monoisotopic (exact) mass is 269 g/mol. The predicted octanol–water partition coefficient (Wildman–Crippen LogP) is 2.88. The molecule has 0 aromatic heterocycles. The molecule has 1 aliphatic heterocycles. The molecule has 0 aliphatic carbocycles. The van der Waals surface area contributed by atoms with Gasteiger partial charge in [-0.15, -0.1) is 0 Å². The fraction of sp³-hybridized carbons (Fsp3) is 0.500. The van der Waals surface area contributed by atoms with E-state index in [1.54, 1.807) is 0 Å². The Hall–Kier alpha value is -0.540. The van der Waals surface area contributed by atoms with Crippen molar-refractivity contribution >= 4 is 15.9 Å². The van der Waals surface area contributed by atoms with Crippen molar-refractivity contribution in [1.82, 2.24) is 4.90 Å². The number of hydrogen-bond donors (Lipinski definition) is 0. The maximum absolute atomic E-state index is 5.70. The summed E-state index contributed by atoms with van der Waals surface area (Å²) in [6, 6.07) is 6.30. The van der Waals surface area contributed by atoms with Gasteiger partial charge in [0.2, 0.25) is 0 Å². The lowest BCUT2D eigenvalue weighted by molar-refractivity contribution is 0.243. The van der Waals surface area contributed by atoms with Gasteiger partial charge < -0.3 is 9.64 Å². The summed E-state index contributed by atoms with van der Waals surface area (Å²) in [6.45, 7) is 1.92. The first-order chi connectivity index (χ1) is 7.18. The third-order valence-corrected chi connectivity index (χ3v) is 3.36. The number of likely N-dealkylation sites (N-methyl/N-ethyl adjacent to an activating group) is 1. The van der Waals surface area contributed by atoms with E-state index in [1.807, 2.05) is 6.07 Å². The molecular formula is C12H16BrNO. The van der Waals surface area contributed by atoms with Crippen LogP contribution in [0.4, 0.5) is 0 Å². The van der Waals surface area contributed by atoms with Gasteiger partial charge in [-0.3, -0.25) is 0 Å². The van der Waals surface area contributed by atoms with E-state index in [0.717, 1.165) is 29.8 Å². The van der Waals surface area contributed by atoms with Gasteiger partial charge in [0.05, 0.1) is 11.1 Å². The summed E-state index contributed by atoms with van der Waals surface area (Å²) >= 11 is 3.54. The third kappa shape index (κ3) is 2.34. The average molecular weight is 270 g/mol. The molecule has 1 aromatic carbocycles. The molecule has 3 heteroatoms. The van der Waals surface area contributed by atoms with E-state index in [9.17, 15) is 0 Å². The smallest absolute Gasteiger partial charge is 0.136 e. The Balaban J connectivity index is 2.30. The summed E-state index contributed by atoms with van der Waals surface area (Å²) in [7, 11) is 4.24. The van der Waals surface area contributed by atoms with Gasteiger partial charge >= 0.3 is 0 Å². The van der Waals surface area contributed by atoms with E-state index >= 15 is 0 Å². The largest absolute Gasteiger partial charge is 0.492 e. The molecule has 0 amide bonds.